The lowest BCUT2D eigenvalue weighted by Gasteiger charge is -2.32. The van der Waals surface area contributed by atoms with Gasteiger partial charge in [-0.2, -0.15) is 5.10 Å². The molecular formula is C14H25N5O. The molecule has 1 fully saturated rings. The fourth-order valence-corrected chi connectivity index (χ4v) is 2.77. The molecule has 0 aromatic carbocycles. The molecule has 0 saturated carbocycles. The predicted octanol–water partition coefficient (Wildman–Crippen LogP) is 0.971. The Bertz CT molecular complexity index is 433. The molecule has 6 nitrogen and oxygen atoms in total. The number of nitrogens with zero attached hydrogens (tertiary/aromatic N) is 4. The van der Waals surface area contributed by atoms with Crippen molar-refractivity contribution >= 4 is 11.7 Å². The molecule has 6 heteroatoms. The number of nitrogen functional groups attached to an aromatic ring is 1. The second-order valence-corrected chi connectivity index (χ2v) is 5.29. The van der Waals surface area contributed by atoms with E-state index in [-0.39, 0.29) is 5.91 Å². The molecule has 1 aliphatic heterocycles. The van der Waals surface area contributed by atoms with Crippen LogP contribution in [0, 0.1) is 0 Å². The number of rotatable bonds is 5. The van der Waals surface area contributed by atoms with Crippen molar-refractivity contribution in [2.75, 3.05) is 38.5 Å². The maximum atomic E-state index is 12.1. The summed E-state index contributed by atoms with van der Waals surface area (Å²) in [5.41, 5.74) is 5.65. The van der Waals surface area contributed by atoms with E-state index in [1.54, 1.807) is 0 Å². The Morgan fingerprint density at radius 2 is 2.05 bits per heavy atom. The minimum atomic E-state index is 0.233. The summed E-state index contributed by atoms with van der Waals surface area (Å²) in [6.45, 7) is 8.05. The van der Waals surface area contributed by atoms with Crippen LogP contribution >= 0.6 is 0 Å². The smallest absolute Gasteiger partial charge is 0.236 e. The van der Waals surface area contributed by atoms with Gasteiger partial charge in [0.05, 0.1) is 12.6 Å². The van der Waals surface area contributed by atoms with Gasteiger partial charge in [-0.15, -0.1) is 0 Å². The summed E-state index contributed by atoms with van der Waals surface area (Å²) in [4.78, 5) is 16.2. The van der Waals surface area contributed by atoms with Crippen LogP contribution < -0.4 is 5.73 Å². The van der Waals surface area contributed by atoms with E-state index in [1.165, 1.54) is 0 Å². The number of likely N-dealkylation sites (N-methyl/N-ethyl adjacent to an activating group) is 1. The molecule has 0 bridgehead atoms. The van der Waals surface area contributed by atoms with Gasteiger partial charge in [-0.05, 0) is 32.8 Å². The topological polar surface area (TPSA) is 67.4 Å². The van der Waals surface area contributed by atoms with Crippen LogP contribution in [0.3, 0.4) is 0 Å². The first-order valence-electron chi connectivity index (χ1n) is 7.44. The Hall–Kier alpha value is -1.56. The molecule has 0 unspecified atom stereocenters. The molecule has 1 saturated heterocycles. The highest BCUT2D eigenvalue weighted by Crippen LogP contribution is 2.22. The van der Waals surface area contributed by atoms with E-state index >= 15 is 0 Å². The molecule has 0 spiro atoms. The summed E-state index contributed by atoms with van der Waals surface area (Å²) in [5, 5.41) is 4.28. The molecule has 2 N–H and O–H groups in total. The van der Waals surface area contributed by atoms with Crippen molar-refractivity contribution in [1.82, 2.24) is 19.6 Å². The van der Waals surface area contributed by atoms with Gasteiger partial charge in [0, 0.05) is 32.4 Å². The molecule has 0 aliphatic carbocycles. The third kappa shape index (κ3) is 3.50. The number of hydrogen-bond donors (Lipinski definition) is 1. The SMILES string of the molecule is CCN(CC)C(=O)CN1CCC(n2ccc(N)n2)CC1. The van der Waals surface area contributed by atoms with Crippen LogP contribution in [-0.2, 0) is 4.79 Å². The van der Waals surface area contributed by atoms with Crippen molar-refractivity contribution in [1.29, 1.82) is 0 Å². The van der Waals surface area contributed by atoms with Gasteiger partial charge in [0.2, 0.25) is 5.91 Å². The zero-order valence-corrected chi connectivity index (χ0v) is 12.5. The van der Waals surface area contributed by atoms with Crippen molar-refractivity contribution in [2.45, 2.75) is 32.7 Å². The minimum absolute atomic E-state index is 0.233. The van der Waals surface area contributed by atoms with Crippen LogP contribution in [-0.4, -0.2) is 58.2 Å². The third-order valence-electron chi connectivity index (χ3n) is 4.04. The fraction of sp³-hybridized carbons (Fsp3) is 0.714. The summed E-state index contributed by atoms with van der Waals surface area (Å²) in [6, 6.07) is 2.24. The van der Waals surface area contributed by atoms with Gasteiger partial charge in [0.1, 0.15) is 5.82 Å². The average Bonchev–Trinajstić information content (AvgIpc) is 2.87. The van der Waals surface area contributed by atoms with Gasteiger partial charge in [-0.25, -0.2) is 0 Å². The lowest BCUT2D eigenvalue weighted by atomic mass is 10.1. The minimum Gasteiger partial charge on any atom is -0.382 e. The summed E-state index contributed by atoms with van der Waals surface area (Å²) in [5.74, 6) is 0.806. The summed E-state index contributed by atoms with van der Waals surface area (Å²) in [6.07, 6.45) is 3.98. The molecule has 1 amide bonds. The van der Waals surface area contributed by atoms with Crippen molar-refractivity contribution in [2.24, 2.45) is 0 Å². The molecule has 1 aromatic heterocycles. The Morgan fingerprint density at radius 1 is 1.40 bits per heavy atom. The standard InChI is InChI=1S/C14H25N5O/c1-3-18(4-2)14(20)11-17-8-5-12(6-9-17)19-10-7-13(15)16-19/h7,10,12H,3-6,8-9,11H2,1-2H3,(H2,15,16). The number of hydrogen-bond acceptors (Lipinski definition) is 4. The van der Waals surface area contributed by atoms with Gasteiger partial charge >= 0.3 is 0 Å². The monoisotopic (exact) mass is 279 g/mol. The molecular weight excluding hydrogens is 254 g/mol. The van der Waals surface area contributed by atoms with Crippen LogP contribution in [0.5, 0.6) is 0 Å². The zero-order valence-electron chi connectivity index (χ0n) is 12.5. The predicted molar refractivity (Wildman–Crippen MR) is 79.3 cm³/mol. The number of carbonyl (C=O) groups is 1. The Balaban J connectivity index is 1.81. The van der Waals surface area contributed by atoms with Crippen LogP contribution in [0.15, 0.2) is 12.3 Å². The highest BCUT2D eigenvalue weighted by molar-refractivity contribution is 5.78. The molecule has 2 rings (SSSR count). The molecule has 0 atom stereocenters. The molecule has 0 radical (unpaired) electrons. The first-order valence-corrected chi connectivity index (χ1v) is 7.44. The van der Waals surface area contributed by atoms with Gasteiger partial charge in [0.25, 0.3) is 0 Å². The maximum absolute atomic E-state index is 12.1. The van der Waals surface area contributed by atoms with E-state index in [0.29, 0.717) is 18.4 Å². The summed E-state index contributed by atoms with van der Waals surface area (Å²) >= 11 is 0. The van der Waals surface area contributed by atoms with E-state index < -0.39 is 0 Å². The van der Waals surface area contributed by atoms with E-state index in [1.807, 2.05) is 35.7 Å². The van der Waals surface area contributed by atoms with Gasteiger partial charge in [0.15, 0.2) is 0 Å². The third-order valence-corrected chi connectivity index (χ3v) is 4.04. The first-order chi connectivity index (χ1) is 9.63. The largest absolute Gasteiger partial charge is 0.382 e. The number of likely N-dealkylation sites (tertiary alicyclic amines) is 1. The average molecular weight is 279 g/mol. The van der Waals surface area contributed by atoms with Gasteiger partial charge in [-0.1, -0.05) is 0 Å². The van der Waals surface area contributed by atoms with Crippen LogP contribution in [0.4, 0.5) is 5.82 Å². The molecule has 20 heavy (non-hydrogen) atoms. The van der Waals surface area contributed by atoms with Crippen molar-refractivity contribution in [3.63, 3.8) is 0 Å². The van der Waals surface area contributed by atoms with E-state index in [0.717, 1.165) is 39.0 Å². The molecule has 2 heterocycles. The highest BCUT2D eigenvalue weighted by Gasteiger charge is 2.23. The summed E-state index contributed by atoms with van der Waals surface area (Å²) < 4.78 is 1.96. The number of aromatic nitrogens is 2. The Morgan fingerprint density at radius 3 is 2.55 bits per heavy atom. The number of piperidine rings is 1. The normalized spacial score (nSPS) is 17.3. The fourth-order valence-electron chi connectivity index (χ4n) is 2.77. The quantitative estimate of drug-likeness (QED) is 0.872. The van der Waals surface area contributed by atoms with Crippen LogP contribution in [0.1, 0.15) is 32.7 Å². The van der Waals surface area contributed by atoms with Crippen LogP contribution in [0.25, 0.3) is 0 Å². The van der Waals surface area contributed by atoms with Crippen molar-refractivity contribution < 1.29 is 4.79 Å². The van der Waals surface area contributed by atoms with Gasteiger partial charge in [-0.3, -0.25) is 14.4 Å². The van der Waals surface area contributed by atoms with Crippen LogP contribution in [0.2, 0.25) is 0 Å². The zero-order chi connectivity index (χ0) is 14.5. The van der Waals surface area contributed by atoms with E-state index in [9.17, 15) is 4.79 Å². The molecule has 1 aromatic rings. The number of nitrogens with two attached hydrogens (primary N) is 1. The van der Waals surface area contributed by atoms with Crippen molar-refractivity contribution in [3.05, 3.63) is 12.3 Å². The molecule has 1 aliphatic rings. The Kier molecular flexibility index (Phi) is 5.00. The summed E-state index contributed by atoms with van der Waals surface area (Å²) in [7, 11) is 0. The highest BCUT2D eigenvalue weighted by atomic mass is 16.2. The Labute approximate surface area is 120 Å². The first kappa shape index (κ1) is 14.8. The maximum Gasteiger partial charge on any atom is 0.236 e. The van der Waals surface area contributed by atoms with Crippen molar-refractivity contribution in [3.8, 4) is 0 Å². The second kappa shape index (κ2) is 6.74. The van der Waals surface area contributed by atoms with E-state index in [2.05, 4.69) is 10.00 Å². The molecule has 112 valence electrons. The number of carbonyl (C=O) groups excluding carboxylic acids is 1. The lowest BCUT2D eigenvalue weighted by Crippen LogP contribution is -2.43. The van der Waals surface area contributed by atoms with Gasteiger partial charge < -0.3 is 10.6 Å². The lowest BCUT2D eigenvalue weighted by molar-refractivity contribution is -0.132. The number of amides is 1. The van der Waals surface area contributed by atoms with E-state index in [4.69, 9.17) is 5.73 Å². The number of anilines is 1. The second-order valence-electron chi connectivity index (χ2n) is 5.29.